The standard InChI is InChI=1S/C11H10ClNO3/c12-10-6-3-1-2-4-7(6)13-11(16)9(10)8(15)5-14/h1-4,8,14-15H,5H2,(H,13,16)/t8-/m0/s1. The summed E-state index contributed by atoms with van der Waals surface area (Å²) in [5.74, 6) is 0. The van der Waals surface area contributed by atoms with Gasteiger partial charge in [0.15, 0.2) is 0 Å². The first-order valence-corrected chi connectivity index (χ1v) is 5.12. The number of H-pyrrole nitrogens is 1. The Hall–Kier alpha value is -1.36. The third-order valence-corrected chi connectivity index (χ3v) is 2.81. The van der Waals surface area contributed by atoms with E-state index >= 15 is 0 Å². The number of aliphatic hydroxyl groups excluding tert-OH is 2. The SMILES string of the molecule is O=c1[nH]c2ccccc2c(Cl)c1[C@@H](O)CO. The summed E-state index contributed by atoms with van der Waals surface area (Å²) in [7, 11) is 0. The summed E-state index contributed by atoms with van der Waals surface area (Å²) >= 11 is 6.03. The molecule has 16 heavy (non-hydrogen) atoms. The minimum atomic E-state index is -1.26. The number of hydrogen-bond donors (Lipinski definition) is 3. The predicted octanol–water partition coefficient (Wildman–Crippen LogP) is 1.21. The van der Waals surface area contributed by atoms with Gasteiger partial charge in [0.05, 0.1) is 17.2 Å². The molecule has 0 amide bonds. The highest BCUT2D eigenvalue weighted by Gasteiger charge is 2.17. The maximum atomic E-state index is 11.6. The van der Waals surface area contributed by atoms with Crippen molar-refractivity contribution >= 4 is 22.5 Å². The summed E-state index contributed by atoms with van der Waals surface area (Å²) in [6.07, 6.45) is -1.26. The van der Waals surface area contributed by atoms with Crippen LogP contribution >= 0.6 is 11.6 Å². The van der Waals surface area contributed by atoms with Gasteiger partial charge in [0, 0.05) is 10.9 Å². The third kappa shape index (κ3) is 1.71. The van der Waals surface area contributed by atoms with Gasteiger partial charge in [0.1, 0.15) is 6.10 Å². The molecular formula is C11H10ClNO3. The van der Waals surface area contributed by atoms with Gasteiger partial charge in [0.2, 0.25) is 0 Å². The van der Waals surface area contributed by atoms with Gasteiger partial charge < -0.3 is 15.2 Å². The molecule has 0 radical (unpaired) electrons. The molecule has 1 atom stereocenters. The zero-order chi connectivity index (χ0) is 11.7. The topological polar surface area (TPSA) is 73.3 Å². The van der Waals surface area contributed by atoms with Crippen LogP contribution in [-0.4, -0.2) is 21.8 Å². The summed E-state index contributed by atoms with van der Waals surface area (Å²) in [6.45, 7) is -0.541. The number of aromatic amines is 1. The number of fused-ring (bicyclic) bond motifs is 1. The number of aromatic nitrogens is 1. The average Bonchev–Trinajstić information content (AvgIpc) is 2.28. The van der Waals surface area contributed by atoms with Crippen molar-refractivity contribution in [2.75, 3.05) is 6.61 Å². The summed E-state index contributed by atoms with van der Waals surface area (Å²) in [5, 5.41) is 19.2. The van der Waals surface area contributed by atoms with E-state index in [0.29, 0.717) is 10.9 Å². The summed E-state index contributed by atoms with van der Waals surface area (Å²) < 4.78 is 0. The van der Waals surface area contributed by atoms with Crippen molar-refractivity contribution in [1.29, 1.82) is 0 Å². The number of hydrogen-bond acceptors (Lipinski definition) is 3. The molecule has 1 aromatic heterocycles. The fraction of sp³-hybridized carbons (Fsp3) is 0.182. The number of para-hydroxylation sites is 1. The predicted molar refractivity (Wildman–Crippen MR) is 61.6 cm³/mol. The molecule has 0 bridgehead atoms. The van der Waals surface area contributed by atoms with Crippen molar-refractivity contribution in [3.05, 3.63) is 45.2 Å². The number of halogens is 1. The summed E-state index contributed by atoms with van der Waals surface area (Å²) in [4.78, 5) is 14.2. The van der Waals surface area contributed by atoms with E-state index in [-0.39, 0.29) is 10.6 Å². The fourth-order valence-corrected chi connectivity index (χ4v) is 1.98. The zero-order valence-corrected chi connectivity index (χ0v) is 9.03. The van der Waals surface area contributed by atoms with E-state index < -0.39 is 18.3 Å². The van der Waals surface area contributed by atoms with Gasteiger partial charge in [-0.15, -0.1) is 0 Å². The number of aliphatic hydroxyl groups is 2. The van der Waals surface area contributed by atoms with Crippen molar-refractivity contribution in [3.8, 4) is 0 Å². The molecule has 0 aliphatic heterocycles. The molecule has 4 nitrogen and oxygen atoms in total. The second kappa shape index (κ2) is 4.25. The smallest absolute Gasteiger partial charge is 0.255 e. The van der Waals surface area contributed by atoms with Crippen molar-refractivity contribution in [1.82, 2.24) is 4.98 Å². The number of rotatable bonds is 2. The minimum absolute atomic E-state index is 0.00265. The molecular weight excluding hydrogens is 230 g/mol. The lowest BCUT2D eigenvalue weighted by Gasteiger charge is -2.10. The van der Waals surface area contributed by atoms with E-state index in [1.807, 2.05) is 0 Å². The average molecular weight is 240 g/mol. The van der Waals surface area contributed by atoms with E-state index in [1.54, 1.807) is 24.3 Å². The van der Waals surface area contributed by atoms with E-state index in [0.717, 1.165) is 0 Å². The molecule has 0 spiro atoms. The van der Waals surface area contributed by atoms with E-state index in [9.17, 15) is 9.90 Å². The van der Waals surface area contributed by atoms with Gasteiger partial charge in [-0.3, -0.25) is 4.79 Å². The summed E-state index contributed by atoms with van der Waals surface area (Å²) in [6, 6.07) is 7.01. The second-order valence-electron chi connectivity index (χ2n) is 3.43. The van der Waals surface area contributed by atoms with Crippen LogP contribution in [-0.2, 0) is 0 Å². The van der Waals surface area contributed by atoms with Crippen molar-refractivity contribution in [2.24, 2.45) is 0 Å². The molecule has 0 unspecified atom stereocenters. The maximum absolute atomic E-state index is 11.6. The second-order valence-corrected chi connectivity index (χ2v) is 3.80. The fourth-order valence-electron chi connectivity index (χ4n) is 1.61. The van der Waals surface area contributed by atoms with Crippen LogP contribution in [0.3, 0.4) is 0 Å². The van der Waals surface area contributed by atoms with Crippen LogP contribution in [0.25, 0.3) is 10.9 Å². The monoisotopic (exact) mass is 239 g/mol. The van der Waals surface area contributed by atoms with Crippen LogP contribution in [0.2, 0.25) is 5.02 Å². The molecule has 5 heteroatoms. The molecule has 2 rings (SSSR count). The van der Waals surface area contributed by atoms with Gasteiger partial charge in [-0.25, -0.2) is 0 Å². The number of benzene rings is 1. The Morgan fingerprint density at radius 2 is 2.06 bits per heavy atom. The summed E-state index contributed by atoms with van der Waals surface area (Å²) in [5.41, 5.74) is 0.125. The van der Waals surface area contributed by atoms with Crippen LogP contribution in [0.1, 0.15) is 11.7 Å². The normalized spacial score (nSPS) is 12.9. The first kappa shape index (κ1) is 11.1. The Kier molecular flexibility index (Phi) is 2.96. The first-order chi connectivity index (χ1) is 7.65. The van der Waals surface area contributed by atoms with E-state index in [1.165, 1.54) is 0 Å². The molecule has 0 fully saturated rings. The first-order valence-electron chi connectivity index (χ1n) is 4.74. The molecule has 1 aromatic carbocycles. The lowest BCUT2D eigenvalue weighted by Crippen LogP contribution is -2.19. The molecule has 0 aliphatic carbocycles. The zero-order valence-electron chi connectivity index (χ0n) is 8.27. The highest BCUT2D eigenvalue weighted by Crippen LogP contribution is 2.26. The number of pyridine rings is 1. The van der Waals surface area contributed by atoms with Crippen molar-refractivity contribution < 1.29 is 10.2 Å². The molecule has 0 saturated carbocycles. The van der Waals surface area contributed by atoms with Gasteiger partial charge in [-0.1, -0.05) is 29.8 Å². The highest BCUT2D eigenvalue weighted by atomic mass is 35.5. The van der Waals surface area contributed by atoms with Gasteiger partial charge in [0.25, 0.3) is 5.56 Å². The Morgan fingerprint density at radius 1 is 1.38 bits per heavy atom. The van der Waals surface area contributed by atoms with Crippen molar-refractivity contribution in [2.45, 2.75) is 6.10 Å². The molecule has 2 aromatic rings. The van der Waals surface area contributed by atoms with Crippen LogP contribution in [0.4, 0.5) is 0 Å². The largest absolute Gasteiger partial charge is 0.393 e. The Balaban J connectivity index is 2.81. The van der Waals surface area contributed by atoms with E-state index in [4.69, 9.17) is 16.7 Å². The Labute approximate surface area is 96.1 Å². The minimum Gasteiger partial charge on any atom is -0.393 e. The Morgan fingerprint density at radius 3 is 2.75 bits per heavy atom. The Bertz CT molecular complexity index is 579. The van der Waals surface area contributed by atoms with Crippen LogP contribution in [0, 0.1) is 0 Å². The van der Waals surface area contributed by atoms with E-state index in [2.05, 4.69) is 4.98 Å². The molecule has 3 N–H and O–H groups in total. The van der Waals surface area contributed by atoms with Crippen LogP contribution < -0.4 is 5.56 Å². The third-order valence-electron chi connectivity index (χ3n) is 2.40. The molecule has 1 heterocycles. The lowest BCUT2D eigenvalue weighted by atomic mass is 10.1. The highest BCUT2D eigenvalue weighted by molar-refractivity contribution is 6.36. The van der Waals surface area contributed by atoms with Gasteiger partial charge in [-0.2, -0.15) is 0 Å². The maximum Gasteiger partial charge on any atom is 0.255 e. The molecule has 84 valence electrons. The lowest BCUT2D eigenvalue weighted by molar-refractivity contribution is 0.0947. The van der Waals surface area contributed by atoms with Crippen LogP contribution in [0.15, 0.2) is 29.1 Å². The molecule has 0 saturated heterocycles. The quantitative estimate of drug-likeness (QED) is 0.738. The molecule has 0 aliphatic rings. The van der Waals surface area contributed by atoms with Crippen LogP contribution in [0.5, 0.6) is 0 Å². The number of nitrogens with one attached hydrogen (secondary N) is 1. The van der Waals surface area contributed by atoms with Crippen molar-refractivity contribution in [3.63, 3.8) is 0 Å². The van der Waals surface area contributed by atoms with Gasteiger partial charge >= 0.3 is 0 Å². The van der Waals surface area contributed by atoms with Gasteiger partial charge in [-0.05, 0) is 6.07 Å².